The van der Waals surface area contributed by atoms with E-state index in [1.54, 1.807) is 19.9 Å². The summed E-state index contributed by atoms with van der Waals surface area (Å²) in [6.45, 7) is 3.56. The summed E-state index contributed by atoms with van der Waals surface area (Å²) in [6.07, 6.45) is -4.34. The molecule has 1 aromatic heterocycles. The van der Waals surface area contributed by atoms with Gasteiger partial charge in [-0.05, 0) is 43.2 Å². The Morgan fingerprint density at radius 1 is 1.05 bits per heavy atom. The van der Waals surface area contributed by atoms with Gasteiger partial charge in [0, 0.05) is 0 Å². The van der Waals surface area contributed by atoms with Gasteiger partial charge in [0.05, 0.1) is 23.0 Å². The smallest absolute Gasteiger partial charge is 0.320 e. The van der Waals surface area contributed by atoms with Gasteiger partial charge in [0.15, 0.2) is 0 Å². The molecule has 0 saturated carbocycles. The molecule has 0 aliphatic rings. The van der Waals surface area contributed by atoms with Gasteiger partial charge in [-0.3, -0.25) is 0 Å². The van der Waals surface area contributed by atoms with E-state index in [2.05, 4.69) is 10.2 Å². The quantitative estimate of drug-likeness (QED) is 0.920. The molecule has 0 spiro atoms. The summed E-state index contributed by atoms with van der Waals surface area (Å²) in [6, 6.07) is 6.13. The van der Waals surface area contributed by atoms with Crippen molar-refractivity contribution in [2.45, 2.75) is 26.1 Å². The topological polar surface area (TPSA) is 51.8 Å². The van der Waals surface area contributed by atoms with Gasteiger partial charge in [-0.15, -0.1) is 0 Å². The molecule has 3 nitrogen and oxygen atoms in total. The molecule has 0 aliphatic heterocycles. The second kappa shape index (κ2) is 5.20. The van der Waals surface area contributed by atoms with Crippen LogP contribution < -0.4 is 5.73 Å². The number of hydrogen-bond acceptors (Lipinski definition) is 3. The monoisotopic (exact) mass is 281 g/mol. The number of rotatable bonds is 2. The molecule has 1 atom stereocenters. The zero-order valence-corrected chi connectivity index (χ0v) is 11.1. The van der Waals surface area contributed by atoms with Crippen LogP contribution >= 0.6 is 0 Å². The zero-order chi connectivity index (χ0) is 14.9. The van der Waals surface area contributed by atoms with E-state index in [9.17, 15) is 13.2 Å². The van der Waals surface area contributed by atoms with E-state index >= 15 is 0 Å². The highest BCUT2D eigenvalue weighted by Crippen LogP contribution is 2.30. The molecule has 0 fully saturated rings. The van der Waals surface area contributed by atoms with Crippen LogP contribution in [0.5, 0.6) is 0 Å². The van der Waals surface area contributed by atoms with Crippen LogP contribution in [0.25, 0.3) is 0 Å². The van der Waals surface area contributed by atoms with E-state index in [0.29, 0.717) is 17.0 Å². The number of nitrogens with two attached hydrogens (primary N) is 1. The Bertz CT molecular complexity index is 606. The van der Waals surface area contributed by atoms with Crippen LogP contribution in [-0.4, -0.2) is 10.2 Å². The normalized spacial score (nSPS) is 13.3. The number of aryl methyl sites for hydroxylation is 2. The Labute approximate surface area is 114 Å². The van der Waals surface area contributed by atoms with Crippen LogP contribution in [0.4, 0.5) is 13.2 Å². The van der Waals surface area contributed by atoms with Crippen molar-refractivity contribution in [1.82, 2.24) is 10.2 Å². The molecule has 20 heavy (non-hydrogen) atoms. The summed E-state index contributed by atoms with van der Waals surface area (Å²) in [5.41, 5.74) is 8.16. The predicted octanol–water partition coefficient (Wildman–Crippen LogP) is 3.16. The maximum absolute atomic E-state index is 12.5. The van der Waals surface area contributed by atoms with Crippen molar-refractivity contribution >= 4 is 0 Å². The van der Waals surface area contributed by atoms with E-state index in [0.717, 1.165) is 17.7 Å². The van der Waals surface area contributed by atoms with Crippen LogP contribution in [0.2, 0.25) is 0 Å². The Morgan fingerprint density at radius 3 is 2.20 bits per heavy atom. The first-order valence-electron chi connectivity index (χ1n) is 6.02. The van der Waals surface area contributed by atoms with E-state index in [4.69, 9.17) is 5.73 Å². The molecule has 2 aromatic rings. The van der Waals surface area contributed by atoms with Gasteiger partial charge in [-0.1, -0.05) is 12.1 Å². The molecule has 1 aromatic carbocycles. The molecule has 0 bridgehead atoms. The molecule has 0 amide bonds. The van der Waals surface area contributed by atoms with Gasteiger partial charge in [0.25, 0.3) is 0 Å². The fraction of sp³-hybridized carbons (Fsp3) is 0.286. The van der Waals surface area contributed by atoms with Crippen molar-refractivity contribution in [3.8, 4) is 0 Å². The third-order valence-corrected chi connectivity index (χ3v) is 3.07. The number of alkyl halides is 3. The van der Waals surface area contributed by atoms with Gasteiger partial charge >= 0.3 is 6.18 Å². The molecule has 0 saturated heterocycles. The van der Waals surface area contributed by atoms with Gasteiger partial charge in [-0.25, -0.2) is 0 Å². The lowest BCUT2D eigenvalue weighted by atomic mass is 9.97. The molecule has 0 aliphatic carbocycles. The largest absolute Gasteiger partial charge is 0.416 e. The van der Waals surface area contributed by atoms with E-state index in [1.165, 1.54) is 12.1 Å². The molecular weight excluding hydrogens is 267 g/mol. The highest BCUT2D eigenvalue weighted by atomic mass is 19.4. The Balaban J connectivity index is 2.34. The minimum absolute atomic E-state index is 0.522. The van der Waals surface area contributed by atoms with Crippen LogP contribution in [0, 0.1) is 13.8 Å². The van der Waals surface area contributed by atoms with Crippen LogP contribution in [0.3, 0.4) is 0 Å². The van der Waals surface area contributed by atoms with Gasteiger partial charge in [0.2, 0.25) is 0 Å². The summed E-state index contributed by atoms with van der Waals surface area (Å²) in [7, 11) is 0. The highest BCUT2D eigenvalue weighted by molar-refractivity contribution is 5.35. The van der Waals surface area contributed by atoms with Crippen LogP contribution in [0.1, 0.15) is 34.1 Å². The van der Waals surface area contributed by atoms with Crippen molar-refractivity contribution in [3.63, 3.8) is 0 Å². The second-order valence-corrected chi connectivity index (χ2v) is 4.62. The summed E-state index contributed by atoms with van der Waals surface area (Å²) >= 11 is 0. The lowest BCUT2D eigenvalue weighted by Crippen LogP contribution is -2.15. The lowest BCUT2D eigenvalue weighted by molar-refractivity contribution is -0.137. The van der Waals surface area contributed by atoms with Gasteiger partial charge in [0.1, 0.15) is 0 Å². The number of benzene rings is 1. The summed E-state index contributed by atoms with van der Waals surface area (Å²) in [5, 5.41) is 7.88. The molecule has 1 heterocycles. The van der Waals surface area contributed by atoms with Gasteiger partial charge < -0.3 is 5.73 Å². The molecule has 2 N–H and O–H groups in total. The van der Waals surface area contributed by atoms with E-state index in [1.807, 2.05) is 0 Å². The Kier molecular flexibility index (Phi) is 3.76. The number of halogens is 3. The minimum Gasteiger partial charge on any atom is -0.320 e. The number of nitrogens with zero attached hydrogens (tertiary/aromatic N) is 2. The summed E-state index contributed by atoms with van der Waals surface area (Å²) in [4.78, 5) is 0. The maximum atomic E-state index is 12.5. The molecule has 6 heteroatoms. The molecule has 106 valence electrons. The maximum Gasteiger partial charge on any atom is 0.416 e. The van der Waals surface area contributed by atoms with Crippen molar-refractivity contribution in [3.05, 3.63) is 58.4 Å². The first-order chi connectivity index (χ1) is 9.29. The average molecular weight is 281 g/mol. The second-order valence-electron chi connectivity index (χ2n) is 4.62. The molecular formula is C14H14F3N3. The molecule has 0 radical (unpaired) electrons. The third-order valence-electron chi connectivity index (χ3n) is 3.07. The van der Waals surface area contributed by atoms with E-state index < -0.39 is 17.8 Å². The first kappa shape index (κ1) is 14.5. The number of aromatic nitrogens is 2. The minimum atomic E-state index is -4.34. The summed E-state index contributed by atoms with van der Waals surface area (Å²) < 4.78 is 37.5. The van der Waals surface area contributed by atoms with Crippen molar-refractivity contribution < 1.29 is 13.2 Å². The van der Waals surface area contributed by atoms with Crippen LogP contribution in [-0.2, 0) is 6.18 Å². The predicted molar refractivity (Wildman–Crippen MR) is 69.0 cm³/mol. The van der Waals surface area contributed by atoms with Crippen molar-refractivity contribution in [1.29, 1.82) is 0 Å². The highest BCUT2D eigenvalue weighted by Gasteiger charge is 2.30. The van der Waals surface area contributed by atoms with E-state index in [-0.39, 0.29) is 0 Å². The Hall–Kier alpha value is -1.95. The standard InChI is InChI=1S/C14H14F3N3/c1-8-7-12(9(2)20-19-8)13(18)10-3-5-11(6-4-10)14(15,16)17/h3-7,13H,18H2,1-2H3. The Morgan fingerprint density at radius 2 is 1.65 bits per heavy atom. The molecule has 2 rings (SSSR count). The fourth-order valence-corrected chi connectivity index (χ4v) is 1.94. The SMILES string of the molecule is Cc1cc(C(N)c2ccc(C(F)(F)F)cc2)c(C)nn1. The number of hydrogen-bond donors (Lipinski definition) is 1. The van der Waals surface area contributed by atoms with Crippen molar-refractivity contribution in [2.24, 2.45) is 5.73 Å². The summed E-state index contributed by atoms with van der Waals surface area (Å²) in [5.74, 6) is 0. The van der Waals surface area contributed by atoms with Crippen molar-refractivity contribution in [2.75, 3.05) is 0 Å². The first-order valence-corrected chi connectivity index (χ1v) is 6.02. The lowest BCUT2D eigenvalue weighted by Gasteiger charge is -2.15. The fourth-order valence-electron chi connectivity index (χ4n) is 1.94. The van der Waals surface area contributed by atoms with Crippen LogP contribution in [0.15, 0.2) is 30.3 Å². The average Bonchev–Trinajstić information content (AvgIpc) is 2.40. The molecule has 1 unspecified atom stereocenters. The van der Waals surface area contributed by atoms with Gasteiger partial charge in [-0.2, -0.15) is 23.4 Å². The zero-order valence-electron chi connectivity index (χ0n) is 11.1. The third kappa shape index (κ3) is 2.96.